The minimum atomic E-state index is 0.684. The lowest BCUT2D eigenvalue weighted by atomic mass is 10.1. The van der Waals surface area contributed by atoms with Gasteiger partial charge in [-0.3, -0.25) is 10.4 Å². The molecule has 22 heavy (non-hydrogen) atoms. The van der Waals surface area contributed by atoms with Crippen molar-refractivity contribution in [1.29, 1.82) is 0 Å². The number of fused-ring (bicyclic) bond motifs is 1. The van der Waals surface area contributed by atoms with Crippen LogP contribution < -0.4 is 10.2 Å². The van der Waals surface area contributed by atoms with E-state index in [4.69, 9.17) is 17.0 Å². The standard InChI is InChI=1S/C15H21N5OS/c1-19-7-9-20(10-8-19)15(22)18-17-12-4-3-11-21-13-5-2-6-16-14(12)13/h2,5-6H,3-4,7-11H2,1H3,(H,18,22)/b17-12-. The fraction of sp³-hybridized carbons (Fsp3) is 0.533. The van der Waals surface area contributed by atoms with E-state index in [0.717, 1.165) is 56.2 Å². The SMILES string of the molecule is CN1CCN(C(=S)N/N=C2/CCCOc3cccnc32)CC1. The zero-order chi connectivity index (χ0) is 15.4. The lowest BCUT2D eigenvalue weighted by Gasteiger charge is -2.33. The predicted octanol–water partition coefficient (Wildman–Crippen LogP) is 1.08. The third-order valence-electron chi connectivity index (χ3n) is 3.94. The Morgan fingerprint density at radius 2 is 2.18 bits per heavy atom. The maximum Gasteiger partial charge on any atom is 0.189 e. The monoisotopic (exact) mass is 319 g/mol. The minimum Gasteiger partial charge on any atom is -0.491 e. The third kappa shape index (κ3) is 3.53. The Kier molecular flexibility index (Phi) is 4.84. The van der Waals surface area contributed by atoms with E-state index < -0.39 is 0 Å². The van der Waals surface area contributed by atoms with Crippen molar-refractivity contribution in [2.75, 3.05) is 39.8 Å². The third-order valence-corrected chi connectivity index (χ3v) is 4.29. The maximum absolute atomic E-state index is 5.69. The lowest BCUT2D eigenvalue weighted by molar-refractivity contribution is 0.214. The minimum absolute atomic E-state index is 0.684. The molecular formula is C15H21N5OS. The summed E-state index contributed by atoms with van der Waals surface area (Å²) in [7, 11) is 2.13. The molecule has 1 N–H and O–H groups in total. The molecule has 0 aromatic carbocycles. The van der Waals surface area contributed by atoms with Crippen molar-refractivity contribution in [2.45, 2.75) is 12.8 Å². The Morgan fingerprint density at radius 3 is 3.00 bits per heavy atom. The van der Waals surface area contributed by atoms with Gasteiger partial charge in [0.15, 0.2) is 5.11 Å². The first-order chi connectivity index (χ1) is 10.7. The van der Waals surface area contributed by atoms with E-state index in [1.807, 2.05) is 12.1 Å². The summed E-state index contributed by atoms with van der Waals surface area (Å²) in [5.74, 6) is 0.797. The summed E-state index contributed by atoms with van der Waals surface area (Å²) < 4.78 is 5.69. The number of pyridine rings is 1. The van der Waals surface area contributed by atoms with Crippen molar-refractivity contribution >= 4 is 23.0 Å². The number of likely N-dealkylation sites (N-methyl/N-ethyl adjacent to an activating group) is 1. The number of hydrazone groups is 1. The van der Waals surface area contributed by atoms with Crippen LogP contribution in [0.4, 0.5) is 0 Å². The van der Waals surface area contributed by atoms with Crippen LogP contribution in [0.3, 0.4) is 0 Å². The highest BCUT2D eigenvalue weighted by Crippen LogP contribution is 2.21. The number of nitrogens with one attached hydrogen (secondary N) is 1. The molecule has 2 aliphatic rings. The molecule has 0 saturated carbocycles. The first-order valence-corrected chi connectivity index (χ1v) is 8.03. The van der Waals surface area contributed by atoms with Gasteiger partial charge in [-0.2, -0.15) is 5.10 Å². The first kappa shape index (κ1) is 15.2. The maximum atomic E-state index is 5.69. The molecule has 1 saturated heterocycles. The van der Waals surface area contributed by atoms with Gasteiger partial charge in [0.1, 0.15) is 11.4 Å². The van der Waals surface area contributed by atoms with Crippen molar-refractivity contribution in [2.24, 2.45) is 5.10 Å². The normalized spacial score (nSPS) is 21.0. The molecule has 0 bridgehead atoms. The van der Waals surface area contributed by atoms with Crippen LogP contribution in [0.15, 0.2) is 23.4 Å². The van der Waals surface area contributed by atoms with Crippen LogP contribution in [0.5, 0.6) is 5.75 Å². The second-order valence-corrected chi connectivity index (χ2v) is 5.95. The second-order valence-electron chi connectivity index (χ2n) is 5.57. The molecule has 3 heterocycles. The van der Waals surface area contributed by atoms with Crippen LogP contribution in [0.1, 0.15) is 18.5 Å². The summed E-state index contributed by atoms with van der Waals surface area (Å²) in [6.45, 7) is 4.62. The smallest absolute Gasteiger partial charge is 0.189 e. The van der Waals surface area contributed by atoms with E-state index in [2.05, 4.69) is 32.4 Å². The molecule has 0 aliphatic carbocycles. The van der Waals surface area contributed by atoms with Crippen LogP contribution in [0.2, 0.25) is 0 Å². The average molecular weight is 319 g/mol. The Bertz CT molecular complexity index is 569. The molecular weight excluding hydrogens is 298 g/mol. The number of piperazine rings is 1. The zero-order valence-corrected chi connectivity index (χ0v) is 13.6. The largest absolute Gasteiger partial charge is 0.491 e. The van der Waals surface area contributed by atoms with Gasteiger partial charge < -0.3 is 14.5 Å². The topological polar surface area (TPSA) is 53.0 Å². The Morgan fingerprint density at radius 1 is 1.36 bits per heavy atom. The van der Waals surface area contributed by atoms with Crippen molar-refractivity contribution in [3.8, 4) is 5.75 Å². The highest BCUT2D eigenvalue weighted by Gasteiger charge is 2.18. The van der Waals surface area contributed by atoms with E-state index in [1.165, 1.54) is 0 Å². The number of hydrogen-bond donors (Lipinski definition) is 1. The van der Waals surface area contributed by atoms with Crippen molar-refractivity contribution < 1.29 is 4.74 Å². The summed E-state index contributed by atoms with van der Waals surface area (Å²) in [6.07, 6.45) is 3.53. The number of hydrogen-bond acceptors (Lipinski definition) is 5. The quantitative estimate of drug-likeness (QED) is 0.617. The van der Waals surface area contributed by atoms with Gasteiger partial charge in [0.05, 0.1) is 12.3 Å². The molecule has 118 valence electrons. The van der Waals surface area contributed by atoms with Crippen LogP contribution in [-0.4, -0.2) is 65.4 Å². The van der Waals surface area contributed by atoms with Gasteiger partial charge in [0.25, 0.3) is 0 Å². The van der Waals surface area contributed by atoms with Crippen molar-refractivity contribution in [3.05, 3.63) is 24.0 Å². The van der Waals surface area contributed by atoms with Gasteiger partial charge >= 0.3 is 0 Å². The molecule has 7 heteroatoms. The Hall–Kier alpha value is -1.73. The molecule has 0 unspecified atom stereocenters. The number of thiocarbonyl (C=S) groups is 1. The van der Waals surface area contributed by atoms with Crippen LogP contribution in [-0.2, 0) is 0 Å². The van der Waals surface area contributed by atoms with E-state index in [0.29, 0.717) is 11.7 Å². The molecule has 1 aromatic rings. The summed E-state index contributed by atoms with van der Waals surface area (Å²) >= 11 is 5.45. The van der Waals surface area contributed by atoms with E-state index in [9.17, 15) is 0 Å². The lowest BCUT2D eigenvalue weighted by Crippen LogP contribution is -2.49. The van der Waals surface area contributed by atoms with Crippen molar-refractivity contribution in [1.82, 2.24) is 20.2 Å². The van der Waals surface area contributed by atoms with Gasteiger partial charge in [-0.05, 0) is 44.2 Å². The number of aromatic nitrogens is 1. The molecule has 0 spiro atoms. The fourth-order valence-electron chi connectivity index (χ4n) is 2.57. The molecule has 2 aliphatic heterocycles. The van der Waals surface area contributed by atoms with E-state index in [-0.39, 0.29) is 0 Å². The van der Waals surface area contributed by atoms with Gasteiger partial charge in [-0.1, -0.05) is 0 Å². The second kappa shape index (κ2) is 7.02. The van der Waals surface area contributed by atoms with E-state index >= 15 is 0 Å². The highest BCUT2D eigenvalue weighted by molar-refractivity contribution is 7.80. The Labute approximate surface area is 136 Å². The predicted molar refractivity (Wildman–Crippen MR) is 90.3 cm³/mol. The highest BCUT2D eigenvalue weighted by atomic mass is 32.1. The first-order valence-electron chi connectivity index (χ1n) is 7.62. The molecule has 1 fully saturated rings. The van der Waals surface area contributed by atoms with Gasteiger partial charge in [0.2, 0.25) is 0 Å². The molecule has 0 amide bonds. The van der Waals surface area contributed by atoms with Crippen molar-refractivity contribution in [3.63, 3.8) is 0 Å². The molecule has 1 aromatic heterocycles. The van der Waals surface area contributed by atoms with Crippen LogP contribution >= 0.6 is 12.2 Å². The van der Waals surface area contributed by atoms with Gasteiger partial charge in [-0.15, -0.1) is 0 Å². The van der Waals surface area contributed by atoms with Crippen LogP contribution in [0.25, 0.3) is 0 Å². The number of ether oxygens (including phenoxy) is 1. The Balaban J connectivity index is 1.68. The zero-order valence-electron chi connectivity index (χ0n) is 12.8. The molecule has 0 atom stereocenters. The molecule has 6 nitrogen and oxygen atoms in total. The van der Waals surface area contributed by atoms with Gasteiger partial charge in [-0.25, -0.2) is 0 Å². The van der Waals surface area contributed by atoms with E-state index in [1.54, 1.807) is 6.20 Å². The van der Waals surface area contributed by atoms with Crippen LogP contribution in [0, 0.1) is 0 Å². The fourth-order valence-corrected chi connectivity index (χ4v) is 2.80. The average Bonchev–Trinajstić information content (AvgIpc) is 2.75. The summed E-state index contributed by atoms with van der Waals surface area (Å²) in [5, 5.41) is 5.19. The number of rotatable bonds is 1. The summed E-state index contributed by atoms with van der Waals surface area (Å²) in [6, 6.07) is 3.81. The summed E-state index contributed by atoms with van der Waals surface area (Å²) in [4.78, 5) is 8.86. The molecule has 0 radical (unpaired) electrons. The number of nitrogens with zero attached hydrogens (tertiary/aromatic N) is 4. The molecule has 3 rings (SSSR count). The summed E-state index contributed by atoms with van der Waals surface area (Å²) in [5.41, 5.74) is 4.76. The van der Waals surface area contributed by atoms with Gasteiger partial charge in [0, 0.05) is 32.4 Å².